The van der Waals surface area contributed by atoms with Gasteiger partial charge in [-0.2, -0.15) is 0 Å². The maximum Gasteiger partial charge on any atom is 0.695 e. The van der Waals surface area contributed by atoms with Crippen molar-refractivity contribution in [2.24, 2.45) is 5.92 Å². The summed E-state index contributed by atoms with van der Waals surface area (Å²) in [7, 11) is -2.83. The molecule has 0 aromatic carbocycles. The molecule has 0 spiro atoms. The van der Waals surface area contributed by atoms with Gasteiger partial charge in [0, 0.05) is 16.7 Å². The number of hydrogen-bond donors (Lipinski definition) is 3. The molecule has 0 amide bonds. The number of nitrogens with zero attached hydrogens (tertiary/aromatic N) is 2. The standard InChI is InChI=1S/C13H16N3O6P.CH4/c1-6-9(5-17)21-13(10(6)22-23(19)20)16-4-3-8-11(16)14-7(2)15-12(8)18;/h3-4,6,9-10,13,17H,5H2,1-2H3,(H-,14,15,18,19,20);1H4/p+1/t6?,9-,10+,13-;/m1./s1. The Balaban J connectivity index is 0.00000208. The second-order valence-corrected chi connectivity index (χ2v) is 6.21. The van der Waals surface area contributed by atoms with E-state index >= 15 is 0 Å². The Hall–Kier alpha value is -1.64. The van der Waals surface area contributed by atoms with Crippen molar-refractivity contribution in [1.82, 2.24) is 14.5 Å². The maximum atomic E-state index is 12.0. The molecule has 3 heterocycles. The van der Waals surface area contributed by atoms with E-state index in [1.807, 2.05) is 0 Å². The first-order valence-corrected chi connectivity index (χ1v) is 8.22. The zero-order chi connectivity index (χ0) is 16.7. The molecule has 9 nitrogen and oxygen atoms in total. The number of fused-ring (bicyclic) bond motifs is 1. The topological polar surface area (TPSA) is 127 Å². The molecule has 24 heavy (non-hydrogen) atoms. The maximum absolute atomic E-state index is 12.0. The molecule has 3 N–H and O–H groups in total. The Labute approximate surface area is 139 Å². The fourth-order valence-electron chi connectivity index (χ4n) is 2.90. The molecule has 3 rings (SSSR count). The van der Waals surface area contributed by atoms with Gasteiger partial charge in [-0.25, -0.2) is 4.98 Å². The Kier molecular flexibility index (Phi) is 5.52. The minimum absolute atomic E-state index is 0. The zero-order valence-corrected chi connectivity index (χ0v) is 13.4. The highest BCUT2D eigenvalue weighted by molar-refractivity contribution is 7.32. The first kappa shape index (κ1) is 18.7. The number of aromatic amines is 1. The number of aromatic nitrogens is 3. The van der Waals surface area contributed by atoms with E-state index in [2.05, 4.69) is 9.97 Å². The van der Waals surface area contributed by atoms with Crippen molar-refractivity contribution in [2.45, 2.75) is 39.7 Å². The third kappa shape index (κ3) is 3.13. The van der Waals surface area contributed by atoms with Crippen LogP contribution in [0.3, 0.4) is 0 Å². The van der Waals surface area contributed by atoms with Crippen LogP contribution in [0.4, 0.5) is 0 Å². The molecule has 1 fully saturated rings. The fourth-order valence-corrected chi connectivity index (χ4v) is 3.40. The smallest absolute Gasteiger partial charge is 0.394 e. The molecule has 132 valence electrons. The van der Waals surface area contributed by atoms with Gasteiger partial charge in [0.25, 0.3) is 5.56 Å². The Morgan fingerprint density at radius 3 is 2.88 bits per heavy atom. The van der Waals surface area contributed by atoms with Crippen LogP contribution in [0.2, 0.25) is 0 Å². The molecule has 0 radical (unpaired) electrons. The van der Waals surface area contributed by atoms with E-state index in [9.17, 15) is 14.5 Å². The molecule has 1 aliphatic heterocycles. The van der Waals surface area contributed by atoms with Crippen LogP contribution in [-0.4, -0.2) is 43.3 Å². The summed E-state index contributed by atoms with van der Waals surface area (Å²) in [5, 5.41) is 9.79. The third-order valence-corrected chi connectivity index (χ3v) is 4.49. The van der Waals surface area contributed by atoms with Gasteiger partial charge in [-0.1, -0.05) is 14.4 Å². The van der Waals surface area contributed by atoms with Crippen molar-refractivity contribution >= 4 is 19.3 Å². The largest absolute Gasteiger partial charge is 0.695 e. The Morgan fingerprint density at radius 1 is 1.54 bits per heavy atom. The molecular weight excluding hydrogens is 337 g/mol. The van der Waals surface area contributed by atoms with Crippen molar-refractivity contribution in [3.05, 3.63) is 28.4 Å². The number of aliphatic hydroxyl groups is 1. The van der Waals surface area contributed by atoms with Gasteiger partial charge in [-0.3, -0.25) is 4.79 Å². The van der Waals surface area contributed by atoms with E-state index < -0.39 is 26.7 Å². The van der Waals surface area contributed by atoms with Crippen LogP contribution >= 0.6 is 8.25 Å². The van der Waals surface area contributed by atoms with Gasteiger partial charge in [0.2, 0.25) is 0 Å². The lowest BCUT2D eigenvalue weighted by molar-refractivity contribution is -0.0448. The summed E-state index contributed by atoms with van der Waals surface area (Å²) in [5.41, 5.74) is 0.116. The number of aliphatic hydroxyl groups excluding tert-OH is 1. The van der Waals surface area contributed by atoms with Crippen LogP contribution in [-0.2, 0) is 13.8 Å². The summed E-state index contributed by atoms with van der Waals surface area (Å²) < 4.78 is 23.6. The van der Waals surface area contributed by atoms with Crippen LogP contribution in [0.5, 0.6) is 0 Å². The van der Waals surface area contributed by atoms with E-state index in [0.717, 1.165) is 0 Å². The van der Waals surface area contributed by atoms with Gasteiger partial charge in [-0.15, -0.1) is 9.42 Å². The highest BCUT2D eigenvalue weighted by Crippen LogP contribution is 2.40. The van der Waals surface area contributed by atoms with Gasteiger partial charge in [0.1, 0.15) is 11.5 Å². The molecule has 2 aromatic rings. The van der Waals surface area contributed by atoms with E-state index in [1.54, 1.807) is 30.7 Å². The van der Waals surface area contributed by atoms with Gasteiger partial charge in [0.15, 0.2) is 12.3 Å². The molecule has 2 aromatic heterocycles. The molecule has 1 aliphatic rings. The Morgan fingerprint density at radius 2 is 2.25 bits per heavy atom. The van der Waals surface area contributed by atoms with Crippen LogP contribution < -0.4 is 5.56 Å². The predicted octanol–water partition coefficient (Wildman–Crippen LogP) is 1.23. The summed E-state index contributed by atoms with van der Waals surface area (Å²) in [6, 6.07) is 1.59. The first-order valence-electron chi connectivity index (χ1n) is 7.09. The van der Waals surface area contributed by atoms with Gasteiger partial charge in [-0.05, 0) is 13.0 Å². The van der Waals surface area contributed by atoms with Gasteiger partial charge < -0.3 is 19.4 Å². The quantitative estimate of drug-likeness (QED) is 0.702. The number of ether oxygens (including phenoxy) is 1. The molecule has 1 saturated heterocycles. The minimum Gasteiger partial charge on any atom is -0.394 e. The van der Waals surface area contributed by atoms with Crippen molar-refractivity contribution in [3.8, 4) is 0 Å². The summed E-state index contributed by atoms with van der Waals surface area (Å²) in [5.74, 6) is 0.134. The summed E-state index contributed by atoms with van der Waals surface area (Å²) in [4.78, 5) is 28.0. The van der Waals surface area contributed by atoms with Crippen molar-refractivity contribution in [1.29, 1.82) is 0 Å². The van der Waals surface area contributed by atoms with E-state index in [1.165, 1.54) is 0 Å². The average molecular weight is 358 g/mol. The molecule has 2 unspecified atom stereocenters. The molecule has 5 atom stereocenters. The predicted molar refractivity (Wildman–Crippen MR) is 86.7 cm³/mol. The van der Waals surface area contributed by atoms with Crippen LogP contribution in [0, 0.1) is 12.8 Å². The van der Waals surface area contributed by atoms with Crippen molar-refractivity contribution in [3.63, 3.8) is 0 Å². The highest BCUT2D eigenvalue weighted by atomic mass is 31.1. The number of aryl methyl sites for hydroxylation is 1. The van der Waals surface area contributed by atoms with Crippen molar-refractivity contribution < 1.29 is 23.8 Å². The van der Waals surface area contributed by atoms with Crippen LogP contribution in [0.15, 0.2) is 17.1 Å². The van der Waals surface area contributed by atoms with Gasteiger partial charge >= 0.3 is 8.25 Å². The Bertz CT molecular complexity index is 803. The molecule has 0 aliphatic carbocycles. The van der Waals surface area contributed by atoms with Crippen LogP contribution in [0.1, 0.15) is 26.4 Å². The van der Waals surface area contributed by atoms with Crippen LogP contribution in [0.25, 0.3) is 11.0 Å². The molecular formula is C14H21N3O6P+. The summed E-state index contributed by atoms with van der Waals surface area (Å²) in [6.45, 7) is 3.18. The SMILES string of the molecule is C.Cc1nc2c(ccn2[C@@H]2O[C@H](CO)C(C)[C@@H]2O[P+](=O)O)c(=O)[nH]1. The summed E-state index contributed by atoms with van der Waals surface area (Å²) >= 11 is 0. The van der Waals surface area contributed by atoms with E-state index in [0.29, 0.717) is 16.9 Å². The van der Waals surface area contributed by atoms with Crippen molar-refractivity contribution in [2.75, 3.05) is 6.61 Å². The lowest BCUT2D eigenvalue weighted by Crippen LogP contribution is -2.27. The lowest BCUT2D eigenvalue weighted by atomic mass is 10.0. The number of rotatable bonds is 4. The van der Waals surface area contributed by atoms with E-state index in [-0.39, 0.29) is 25.5 Å². The lowest BCUT2D eigenvalue weighted by Gasteiger charge is -2.17. The molecule has 0 bridgehead atoms. The van der Waals surface area contributed by atoms with Gasteiger partial charge in [0.05, 0.1) is 18.1 Å². The normalized spacial score (nSPS) is 27.2. The first-order chi connectivity index (χ1) is 10.9. The average Bonchev–Trinajstić information content (AvgIpc) is 3.01. The number of hydrogen-bond acceptors (Lipinski definition) is 6. The monoisotopic (exact) mass is 358 g/mol. The zero-order valence-electron chi connectivity index (χ0n) is 12.5. The minimum atomic E-state index is -2.83. The van der Waals surface area contributed by atoms with E-state index in [4.69, 9.17) is 14.2 Å². The highest BCUT2D eigenvalue weighted by Gasteiger charge is 2.48. The number of H-pyrrole nitrogens is 1. The second kappa shape index (κ2) is 7.08. The fraction of sp³-hybridized carbons (Fsp3) is 0.571. The summed E-state index contributed by atoms with van der Waals surface area (Å²) in [6.07, 6.45) is -0.442. The second-order valence-electron chi connectivity index (χ2n) is 5.53. The third-order valence-electron chi connectivity index (χ3n) is 4.07. The molecule has 0 saturated carbocycles. The molecule has 10 heteroatoms. The number of nitrogens with one attached hydrogen (secondary N) is 1.